The largest absolute Gasteiger partial charge is 0.467 e. The Morgan fingerprint density at radius 1 is 1.23 bits per heavy atom. The van der Waals surface area contributed by atoms with E-state index in [0.717, 1.165) is 12.0 Å². The van der Waals surface area contributed by atoms with Gasteiger partial charge in [0.1, 0.15) is 11.9 Å². The molecule has 1 amide bonds. The zero-order valence-electron chi connectivity index (χ0n) is 13.1. The molecule has 0 aliphatic rings. The third kappa shape index (κ3) is 4.74. The summed E-state index contributed by atoms with van der Waals surface area (Å²) in [5.74, 6) is 0.486. The van der Waals surface area contributed by atoms with E-state index in [0.29, 0.717) is 18.6 Å². The van der Waals surface area contributed by atoms with E-state index in [9.17, 15) is 9.90 Å². The summed E-state index contributed by atoms with van der Waals surface area (Å²) < 4.78 is 5.16. The summed E-state index contributed by atoms with van der Waals surface area (Å²) >= 11 is 0. The molecule has 2 rings (SSSR count). The molecule has 2 atom stereocenters. The van der Waals surface area contributed by atoms with Gasteiger partial charge in [0.2, 0.25) is 5.91 Å². The molecule has 2 N–H and O–H groups in total. The van der Waals surface area contributed by atoms with Crippen LogP contribution in [0.25, 0.3) is 0 Å². The molecule has 1 aromatic carbocycles. The van der Waals surface area contributed by atoms with Crippen LogP contribution in [0.1, 0.15) is 43.3 Å². The highest BCUT2D eigenvalue weighted by Crippen LogP contribution is 2.18. The van der Waals surface area contributed by atoms with E-state index < -0.39 is 6.10 Å². The van der Waals surface area contributed by atoms with Crippen LogP contribution in [0.4, 0.5) is 0 Å². The molecular formula is C18H23NO3. The third-order valence-electron chi connectivity index (χ3n) is 3.65. The van der Waals surface area contributed by atoms with Gasteiger partial charge in [-0.15, -0.1) is 0 Å². The maximum absolute atomic E-state index is 12.0. The van der Waals surface area contributed by atoms with Crippen molar-refractivity contribution in [2.45, 2.75) is 45.3 Å². The topological polar surface area (TPSA) is 62.5 Å². The molecule has 0 radical (unpaired) electrons. The lowest BCUT2D eigenvalue weighted by Crippen LogP contribution is -2.34. The Bertz CT molecular complexity index is 575. The fraction of sp³-hybridized carbons (Fsp3) is 0.389. The SMILES string of the molecule is CCc1ccc(CC(=O)NC(C)CC(O)c2ccco2)cc1. The molecule has 0 fully saturated rings. The zero-order chi connectivity index (χ0) is 15.9. The van der Waals surface area contributed by atoms with Crippen molar-refractivity contribution in [2.24, 2.45) is 0 Å². The number of aliphatic hydroxyl groups excluding tert-OH is 1. The first-order valence-corrected chi connectivity index (χ1v) is 7.67. The molecule has 4 heteroatoms. The van der Waals surface area contributed by atoms with E-state index in [1.165, 1.54) is 11.8 Å². The first-order chi connectivity index (χ1) is 10.6. The Hall–Kier alpha value is -2.07. The normalized spacial score (nSPS) is 13.6. The molecule has 0 bridgehead atoms. The van der Waals surface area contributed by atoms with Crippen LogP contribution in [-0.4, -0.2) is 17.1 Å². The molecule has 2 aromatic rings. The number of rotatable bonds is 7. The molecule has 2 unspecified atom stereocenters. The summed E-state index contributed by atoms with van der Waals surface area (Å²) in [5, 5.41) is 12.9. The maximum atomic E-state index is 12.0. The highest BCUT2D eigenvalue weighted by Gasteiger charge is 2.16. The summed E-state index contributed by atoms with van der Waals surface area (Å²) in [4.78, 5) is 12.0. The smallest absolute Gasteiger partial charge is 0.224 e. The van der Waals surface area contributed by atoms with E-state index >= 15 is 0 Å². The average molecular weight is 301 g/mol. The van der Waals surface area contributed by atoms with Gasteiger partial charge in [0, 0.05) is 12.5 Å². The van der Waals surface area contributed by atoms with Crippen molar-refractivity contribution in [3.63, 3.8) is 0 Å². The van der Waals surface area contributed by atoms with E-state index in [-0.39, 0.29) is 11.9 Å². The Labute approximate surface area is 131 Å². The number of furan rings is 1. The Balaban J connectivity index is 1.80. The summed E-state index contributed by atoms with van der Waals surface area (Å²) in [6.07, 6.45) is 2.60. The van der Waals surface area contributed by atoms with Crippen molar-refractivity contribution in [3.05, 3.63) is 59.5 Å². The minimum absolute atomic E-state index is 0.0385. The Morgan fingerprint density at radius 3 is 2.50 bits per heavy atom. The Morgan fingerprint density at radius 2 is 1.91 bits per heavy atom. The lowest BCUT2D eigenvalue weighted by atomic mass is 10.1. The second-order valence-electron chi connectivity index (χ2n) is 5.58. The highest BCUT2D eigenvalue weighted by molar-refractivity contribution is 5.78. The summed E-state index contributed by atoms with van der Waals surface area (Å²) in [6, 6.07) is 11.4. The second-order valence-corrected chi connectivity index (χ2v) is 5.58. The number of amides is 1. The maximum Gasteiger partial charge on any atom is 0.224 e. The van der Waals surface area contributed by atoms with Crippen LogP contribution in [0.15, 0.2) is 47.1 Å². The van der Waals surface area contributed by atoms with E-state index in [1.54, 1.807) is 12.1 Å². The first kappa shape index (κ1) is 16.3. The van der Waals surface area contributed by atoms with Crippen LogP contribution in [0.3, 0.4) is 0 Å². The highest BCUT2D eigenvalue weighted by atomic mass is 16.4. The van der Waals surface area contributed by atoms with Gasteiger partial charge in [0.25, 0.3) is 0 Å². The molecule has 0 aliphatic heterocycles. The van der Waals surface area contributed by atoms with Crippen LogP contribution < -0.4 is 5.32 Å². The molecule has 1 heterocycles. The number of carbonyl (C=O) groups excluding carboxylic acids is 1. The number of hydrogen-bond acceptors (Lipinski definition) is 3. The summed E-state index contributed by atoms with van der Waals surface area (Å²) in [5.41, 5.74) is 2.26. The van der Waals surface area contributed by atoms with Gasteiger partial charge in [-0.2, -0.15) is 0 Å². The number of carbonyl (C=O) groups is 1. The van der Waals surface area contributed by atoms with Gasteiger partial charge < -0.3 is 14.8 Å². The molecule has 0 spiro atoms. The fourth-order valence-electron chi connectivity index (χ4n) is 2.39. The molecular weight excluding hydrogens is 278 g/mol. The number of nitrogens with one attached hydrogen (secondary N) is 1. The van der Waals surface area contributed by atoms with Crippen molar-refractivity contribution in [3.8, 4) is 0 Å². The van der Waals surface area contributed by atoms with Gasteiger partial charge in [-0.1, -0.05) is 31.2 Å². The lowest BCUT2D eigenvalue weighted by Gasteiger charge is -2.16. The van der Waals surface area contributed by atoms with Crippen molar-refractivity contribution in [2.75, 3.05) is 0 Å². The van der Waals surface area contributed by atoms with Crippen molar-refractivity contribution in [1.29, 1.82) is 0 Å². The quantitative estimate of drug-likeness (QED) is 0.826. The predicted octanol–water partition coefficient (Wildman–Crippen LogP) is 3.01. The fourth-order valence-corrected chi connectivity index (χ4v) is 2.39. The minimum Gasteiger partial charge on any atom is -0.467 e. The minimum atomic E-state index is -0.700. The van der Waals surface area contributed by atoms with Gasteiger partial charge in [-0.05, 0) is 36.6 Å². The lowest BCUT2D eigenvalue weighted by molar-refractivity contribution is -0.121. The van der Waals surface area contributed by atoms with E-state index in [1.807, 2.05) is 31.2 Å². The summed E-state index contributed by atoms with van der Waals surface area (Å²) in [7, 11) is 0. The zero-order valence-corrected chi connectivity index (χ0v) is 13.1. The van der Waals surface area contributed by atoms with Gasteiger partial charge in [-0.3, -0.25) is 4.79 Å². The van der Waals surface area contributed by atoms with E-state index in [2.05, 4.69) is 12.2 Å². The standard InChI is InChI=1S/C18H23NO3/c1-3-14-6-8-15(9-7-14)12-18(21)19-13(2)11-16(20)17-5-4-10-22-17/h4-10,13,16,20H,3,11-12H2,1-2H3,(H,19,21). The number of aliphatic hydroxyl groups is 1. The predicted molar refractivity (Wildman–Crippen MR) is 85.4 cm³/mol. The van der Waals surface area contributed by atoms with Crippen LogP contribution in [0, 0.1) is 0 Å². The van der Waals surface area contributed by atoms with Crippen molar-refractivity contribution < 1.29 is 14.3 Å². The van der Waals surface area contributed by atoms with Crippen molar-refractivity contribution >= 4 is 5.91 Å². The number of aryl methyl sites for hydroxylation is 1. The van der Waals surface area contributed by atoms with Crippen LogP contribution in [0.5, 0.6) is 0 Å². The van der Waals surface area contributed by atoms with Gasteiger partial charge in [0.15, 0.2) is 0 Å². The van der Waals surface area contributed by atoms with Gasteiger partial charge in [0.05, 0.1) is 12.7 Å². The molecule has 0 saturated heterocycles. The third-order valence-corrected chi connectivity index (χ3v) is 3.65. The molecule has 0 aliphatic carbocycles. The van der Waals surface area contributed by atoms with Crippen LogP contribution in [-0.2, 0) is 17.6 Å². The number of benzene rings is 1. The molecule has 1 aromatic heterocycles. The second kappa shape index (κ2) is 7.80. The molecule has 118 valence electrons. The van der Waals surface area contributed by atoms with Crippen LogP contribution in [0.2, 0.25) is 0 Å². The molecule has 0 saturated carbocycles. The molecule has 22 heavy (non-hydrogen) atoms. The first-order valence-electron chi connectivity index (χ1n) is 7.67. The van der Waals surface area contributed by atoms with Gasteiger partial charge >= 0.3 is 0 Å². The summed E-state index contributed by atoms with van der Waals surface area (Å²) in [6.45, 7) is 3.98. The van der Waals surface area contributed by atoms with Gasteiger partial charge in [-0.25, -0.2) is 0 Å². The van der Waals surface area contributed by atoms with Crippen LogP contribution >= 0.6 is 0 Å². The van der Waals surface area contributed by atoms with Crippen molar-refractivity contribution in [1.82, 2.24) is 5.32 Å². The van der Waals surface area contributed by atoms with E-state index in [4.69, 9.17) is 4.42 Å². The number of hydrogen-bond donors (Lipinski definition) is 2. The molecule has 4 nitrogen and oxygen atoms in total. The Kier molecular flexibility index (Phi) is 5.78. The average Bonchev–Trinajstić information content (AvgIpc) is 3.02. The monoisotopic (exact) mass is 301 g/mol.